The van der Waals surface area contributed by atoms with Gasteiger partial charge in [0.1, 0.15) is 23.4 Å². The molecule has 1 unspecified atom stereocenters. The van der Waals surface area contributed by atoms with E-state index in [1.54, 1.807) is 19.2 Å². The van der Waals surface area contributed by atoms with Gasteiger partial charge in [-0.15, -0.1) is 0 Å². The number of rotatable bonds is 11. The number of carbonyl (C=O) groups is 1. The minimum atomic E-state index is -0.586. The van der Waals surface area contributed by atoms with E-state index in [1.807, 2.05) is 64.1 Å². The fourth-order valence-corrected chi connectivity index (χ4v) is 5.69. The summed E-state index contributed by atoms with van der Waals surface area (Å²) in [6.07, 6.45) is 0.814. The minimum Gasteiger partial charge on any atom is -0.488 e. The molecule has 0 saturated heterocycles. The second kappa shape index (κ2) is 13.3. The van der Waals surface area contributed by atoms with E-state index in [1.165, 1.54) is 11.0 Å². The number of nitrogens with zero attached hydrogens (tertiary/aromatic N) is 5. The molecule has 0 aliphatic carbocycles. The van der Waals surface area contributed by atoms with Gasteiger partial charge in [0.05, 0.1) is 24.6 Å². The molecule has 44 heavy (non-hydrogen) atoms. The summed E-state index contributed by atoms with van der Waals surface area (Å²) in [7, 11) is 1.63. The van der Waals surface area contributed by atoms with Crippen molar-refractivity contribution in [1.82, 2.24) is 9.47 Å². The van der Waals surface area contributed by atoms with Gasteiger partial charge in [0.25, 0.3) is 5.69 Å². The van der Waals surface area contributed by atoms with Crippen molar-refractivity contribution in [2.45, 2.75) is 53.2 Å². The van der Waals surface area contributed by atoms with Gasteiger partial charge in [0.2, 0.25) is 0 Å². The van der Waals surface area contributed by atoms with Crippen molar-refractivity contribution in [2.75, 3.05) is 26.8 Å². The average Bonchev–Trinajstić information content (AvgIpc) is 3.60. The molecule has 1 aliphatic rings. The second-order valence-electron chi connectivity index (χ2n) is 10.8. The lowest BCUT2D eigenvalue weighted by Crippen LogP contribution is -2.34. The second-order valence-corrected chi connectivity index (χ2v) is 10.8. The zero-order valence-corrected chi connectivity index (χ0v) is 25.7. The standard InChI is InChI=1S/C33H37N5O6/c1-6-8-31-34-15-16-37(31)33(39)44-35-32(26-12-11-25(17-21(26)3)43-22(4)20-42-5)23-9-13-29-27(18-23)28-19-24(38(40)41)10-14-30(28)36(29)7-2/h9-14,17-19,22H,6-8,15-16,20H2,1-5H3. The van der Waals surface area contributed by atoms with Crippen molar-refractivity contribution in [1.29, 1.82) is 0 Å². The van der Waals surface area contributed by atoms with Crippen LogP contribution in [0.2, 0.25) is 0 Å². The molecule has 0 bridgehead atoms. The van der Waals surface area contributed by atoms with Gasteiger partial charge in [0, 0.05) is 65.1 Å². The monoisotopic (exact) mass is 599 g/mol. The molecule has 11 nitrogen and oxygen atoms in total. The molecule has 1 aliphatic heterocycles. The molecule has 0 radical (unpaired) electrons. The molecule has 1 amide bonds. The summed E-state index contributed by atoms with van der Waals surface area (Å²) in [5.41, 5.74) is 4.61. The maximum atomic E-state index is 13.2. The number of oxime groups is 1. The number of amides is 1. The molecule has 230 valence electrons. The number of non-ortho nitro benzene ring substituents is 1. The first-order valence-electron chi connectivity index (χ1n) is 14.8. The SMILES string of the molecule is CCCC1=NCCN1C(=O)ON=C(c1ccc2c(c1)c1cc([N+](=O)[O-])ccc1n2CC)c1ccc(OC(C)COC)cc1C. The number of benzene rings is 3. The summed E-state index contributed by atoms with van der Waals surface area (Å²) in [4.78, 5) is 35.9. The third-order valence-corrected chi connectivity index (χ3v) is 7.68. The van der Waals surface area contributed by atoms with E-state index in [0.29, 0.717) is 55.5 Å². The van der Waals surface area contributed by atoms with E-state index in [0.717, 1.165) is 39.4 Å². The van der Waals surface area contributed by atoms with Crippen molar-refractivity contribution in [3.05, 3.63) is 81.4 Å². The Morgan fingerprint density at radius 3 is 2.52 bits per heavy atom. The van der Waals surface area contributed by atoms with Crippen LogP contribution in [0.3, 0.4) is 0 Å². The lowest BCUT2D eigenvalue weighted by molar-refractivity contribution is -0.384. The van der Waals surface area contributed by atoms with Crippen molar-refractivity contribution in [3.63, 3.8) is 0 Å². The lowest BCUT2D eigenvalue weighted by atomic mass is 9.96. The van der Waals surface area contributed by atoms with E-state index >= 15 is 0 Å². The molecule has 1 atom stereocenters. The van der Waals surface area contributed by atoms with Crippen molar-refractivity contribution >= 4 is 45.1 Å². The smallest absolute Gasteiger partial charge is 0.441 e. The molecule has 0 saturated carbocycles. The van der Waals surface area contributed by atoms with Gasteiger partial charge in [-0.2, -0.15) is 0 Å². The lowest BCUT2D eigenvalue weighted by Gasteiger charge is -2.17. The van der Waals surface area contributed by atoms with Crippen LogP contribution in [-0.4, -0.2) is 64.9 Å². The molecular formula is C33H37N5O6. The van der Waals surface area contributed by atoms with Gasteiger partial charge in [-0.3, -0.25) is 24.8 Å². The van der Waals surface area contributed by atoms with Crippen LogP contribution in [0.5, 0.6) is 5.75 Å². The van der Waals surface area contributed by atoms with Crippen molar-refractivity contribution in [3.8, 4) is 5.75 Å². The minimum absolute atomic E-state index is 0.0187. The van der Waals surface area contributed by atoms with E-state index in [-0.39, 0.29) is 16.7 Å². The number of ether oxygens (including phenoxy) is 2. The summed E-state index contributed by atoms with van der Waals surface area (Å²) in [5.74, 6) is 1.38. The van der Waals surface area contributed by atoms with Crippen LogP contribution in [0.4, 0.5) is 10.5 Å². The van der Waals surface area contributed by atoms with Gasteiger partial charge in [-0.05, 0) is 69.2 Å². The molecule has 4 aromatic rings. The number of methoxy groups -OCH3 is 1. The fourth-order valence-electron chi connectivity index (χ4n) is 5.69. The van der Waals surface area contributed by atoms with Crippen LogP contribution in [0.15, 0.2) is 64.7 Å². The van der Waals surface area contributed by atoms with E-state index in [4.69, 9.17) is 14.3 Å². The number of amidine groups is 1. The topological polar surface area (TPSA) is 121 Å². The summed E-state index contributed by atoms with van der Waals surface area (Å²) in [5, 5.41) is 17.6. The molecule has 11 heteroatoms. The number of carbonyl (C=O) groups excluding carboxylic acids is 1. The largest absolute Gasteiger partial charge is 0.488 e. The third-order valence-electron chi connectivity index (χ3n) is 7.68. The normalized spacial score (nSPS) is 14.2. The maximum absolute atomic E-state index is 13.2. The number of aryl methyl sites for hydroxylation is 2. The van der Waals surface area contributed by atoms with Crippen molar-refractivity contribution in [2.24, 2.45) is 10.1 Å². The van der Waals surface area contributed by atoms with Crippen LogP contribution in [0.1, 0.15) is 50.3 Å². The van der Waals surface area contributed by atoms with Gasteiger partial charge in [-0.25, -0.2) is 4.79 Å². The van der Waals surface area contributed by atoms with Crippen LogP contribution < -0.4 is 4.74 Å². The third kappa shape index (κ3) is 6.14. The molecule has 1 aromatic heterocycles. The molecule has 0 spiro atoms. The van der Waals surface area contributed by atoms with Gasteiger partial charge >= 0.3 is 6.09 Å². The van der Waals surface area contributed by atoms with Gasteiger partial charge in [0.15, 0.2) is 0 Å². The Hall–Kier alpha value is -4.77. The maximum Gasteiger partial charge on any atom is 0.441 e. The first-order valence-corrected chi connectivity index (χ1v) is 14.8. The number of nitro benzene ring substituents is 1. The predicted octanol–water partition coefficient (Wildman–Crippen LogP) is 6.85. The predicted molar refractivity (Wildman–Crippen MR) is 171 cm³/mol. The Kier molecular flexibility index (Phi) is 9.24. The quantitative estimate of drug-likeness (QED) is 0.0805. The number of hydrogen-bond donors (Lipinski definition) is 0. The summed E-state index contributed by atoms with van der Waals surface area (Å²) in [6, 6.07) is 16.4. The Bertz CT molecular complexity index is 1780. The Balaban J connectivity index is 1.61. The first kappa shape index (κ1) is 30.7. The highest BCUT2D eigenvalue weighted by molar-refractivity contribution is 6.17. The van der Waals surface area contributed by atoms with Crippen LogP contribution in [-0.2, 0) is 16.1 Å². The molecule has 0 fully saturated rings. The highest BCUT2D eigenvalue weighted by Gasteiger charge is 2.25. The number of aliphatic imine (C=N–C) groups is 1. The van der Waals surface area contributed by atoms with E-state index in [9.17, 15) is 14.9 Å². The molecule has 0 N–H and O–H groups in total. The highest BCUT2D eigenvalue weighted by Crippen LogP contribution is 2.33. The molecule has 3 aromatic carbocycles. The number of hydrogen-bond acceptors (Lipinski definition) is 8. The van der Waals surface area contributed by atoms with Gasteiger partial charge < -0.3 is 14.0 Å². The summed E-state index contributed by atoms with van der Waals surface area (Å²) in [6.45, 7) is 10.1. The first-order chi connectivity index (χ1) is 21.2. The molecule has 2 heterocycles. The number of fused-ring (bicyclic) bond motifs is 3. The number of aromatic nitrogens is 1. The highest BCUT2D eigenvalue weighted by atomic mass is 16.7. The zero-order chi connectivity index (χ0) is 31.4. The van der Waals surface area contributed by atoms with E-state index < -0.39 is 6.09 Å². The average molecular weight is 600 g/mol. The molecular weight excluding hydrogens is 562 g/mol. The Morgan fingerprint density at radius 2 is 1.84 bits per heavy atom. The summed E-state index contributed by atoms with van der Waals surface area (Å²) >= 11 is 0. The van der Waals surface area contributed by atoms with Crippen LogP contribution in [0, 0.1) is 17.0 Å². The fraction of sp³-hybridized carbons (Fsp3) is 0.364. The zero-order valence-electron chi connectivity index (χ0n) is 25.7. The van der Waals surface area contributed by atoms with Crippen LogP contribution in [0.25, 0.3) is 21.8 Å². The molecule has 5 rings (SSSR count). The Morgan fingerprint density at radius 1 is 1.09 bits per heavy atom. The van der Waals surface area contributed by atoms with Crippen LogP contribution >= 0.6 is 0 Å². The van der Waals surface area contributed by atoms with Gasteiger partial charge in [-0.1, -0.05) is 18.1 Å². The van der Waals surface area contributed by atoms with E-state index in [2.05, 4.69) is 14.7 Å². The summed E-state index contributed by atoms with van der Waals surface area (Å²) < 4.78 is 13.3. The van der Waals surface area contributed by atoms with Crippen molar-refractivity contribution < 1.29 is 24.0 Å². The Labute approximate surface area is 255 Å². The number of nitro groups is 1.